The highest BCUT2D eigenvalue weighted by Crippen LogP contribution is 2.47. The van der Waals surface area contributed by atoms with Gasteiger partial charge in [-0.05, 0) is 48.2 Å². The molecule has 1 saturated carbocycles. The Kier molecular flexibility index (Phi) is 3.61. The van der Waals surface area contributed by atoms with Crippen LogP contribution in [0, 0.1) is 0 Å². The van der Waals surface area contributed by atoms with Gasteiger partial charge in [0.05, 0.1) is 11.4 Å². The minimum absolute atomic E-state index is 0.111. The summed E-state index contributed by atoms with van der Waals surface area (Å²) in [5, 5.41) is 19.4. The summed E-state index contributed by atoms with van der Waals surface area (Å²) in [7, 11) is 0. The molecule has 0 aromatic heterocycles. The Hall–Kier alpha value is -2.36. The lowest BCUT2D eigenvalue weighted by Crippen LogP contribution is -2.30. The predicted molar refractivity (Wildman–Crippen MR) is 88.9 cm³/mol. The molecule has 3 rings (SSSR count). The molecule has 116 valence electrons. The molecular formula is C18H22N2O2. The van der Waals surface area contributed by atoms with Crippen molar-refractivity contribution in [3.8, 4) is 11.5 Å². The van der Waals surface area contributed by atoms with Crippen LogP contribution in [0.5, 0.6) is 11.5 Å². The quantitative estimate of drug-likeness (QED) is 0.504. The predicted octanol–water partition coefficient (Wildman–Crippen LogP) is 3.51. The Balaban J connectivity index is 2.15. The van der Waals surface area contributed by atoms with E-state index in [1.54, 1.807) is 12.1 Å². The third-order valence-corrected chi connectivity index (χ3v) is 4.87. The SMILES string of the molecule is Nc1cc(C2(c3ccc(O)c(N)c3)CCCCC2)ccc1O. The van der Waals surface area contributed by atoms with Crippen molar-refractivity contribution in [1.82, 2.24) is 0 Å². The molecule has 0 bridgehead atoms. The van der Waals surface area contributed by atoms with Gasteiger partial charge in [0.25, 0.3) is 0 Å². The van der Waals surface area contributed by atoms with E-state index in [2.05, 4.69) is 0 Å². The van der Waals surface area contributed by atoms with Crippen molar-refractivity contribution < 1.29 is 10.2 Å². The van der Waals surface area contributed by atoms with Gasteiger partial charge in [0, 0.05) is 5.41 Å². The third kappa shape index (κ3) is 2.34. The van der Waals surface area contributed by atoms with E-state index in [1.165, 1.54) is 6.42 Å². The highest BCUT2D eigenvalue weighted by atomic mass is 16.3. The van der Waals surface area contributed by atoms with Crippen molar-refractivity contribution in [1.29, 1.82) is 0 Å². The largest absolute Gasteiger partial charge is 0.506 e. The van der Waals surface area contributed by atoms with Crippen LogP contribution < -0.4 is 11.5 Å². The Morgan fingerprint density at radius 3 is 1.59 bits per heavy atom. The van der Waals surface area contributed by atoms with Crippen LogP contribution in [-0.4, -0.2) is 10.2 Å². The first-order valence-electron chi connectivity index (χ1n) is 7.71. The molecule has 1 aliphatic rings. The third-order valence-electron chi connectivity index (χ3n) is 4.87. The summed E-state index contributed by atoms with van der Waals surface area (Å²) in [5.74, 6) is 0.222. The molecule has 0 heterocycles. The summed E-state index contributed by atoms with van der Waals surface area (Å²) < 4.78 is 0. The Bertz CT molecular complexity index is 638. The molecule has 0 amide bonds. The van der Waals surface area contributed by atoms with Crippen molar-refractivity contribution >= 4 is 11.4 Å². The molecule has 4 heteroatoms. The van der Waals surface area contributed by atoms with E-state index in [9.17, 15) is 10.2 Å². The number of phenolic OH excluding ortho intramolecular Hbond substituents is 2. The van der Waals surface area contributed by atoms with Gasteiger partial charge < -0.3 is 21.7 Å². The first-order chi connectivity index (χ1) is 10.5. The lowest BCUT2D eigenvalue weighted by molar-refractivity contribution is 0.345. The average Bonchev–Trinajstić information content (AvgIpc) is 2.53. The van der Waals surface area contributed by atoms with Crippen LogP contribution in [-0.2, 0) is 5.41 Å². The molecule has 22 heavy (non-hydrogen) atoms. The molecule has 1 fully saturated rings. The number of anilines is 2. The van der Waals surface area contributed by atoms with Crippen LogP contribution in [0.25, 0.3) is 0 Å². The fourth-order valence-corrected chi connectivity index (χ4v) is 3.60. The molecule has 0 spiro atoms. The summed E-state index contributed by atoms with van der Waals surface area (Å²) in [4.78, 5) is 0. The first-order valence-corrected chi connectivity index (χ1v) is 7.71. The smallest absolute Gasteiger partial charge is 0.138 e. The number of aromatic hydroxyl groups is 2. The summed E-state index contributed by atoms with van der Waals surface area (Å²) >= 11 is 0. The Morgan fingerprint density at radius 1 is 0.727 bits per heavy atom. The lowest BCUT2D eigenvalue weighted by Gasteiger charge is -2.39. The maximum Gasteiger partial charge on any atom is 0.138 e. The zero-order valence-electron chi connectivity index (χ0n) is 12.5. The second-order valence-electron chi connectivity index (χ2n) is 6.19. The fraction of sp³-hybridized carbons (Fsp3) is 0.333. The van der Waals surface area contributed by atoms with Crippen LogP contribution in [0.4, 0.5) is 11.4 Å². The molecule has 4 nitrogen and oxygen atoms in total. The van der Waals surface area contributed by atoms with Crippen LogP contribution in [0.15, 0.2) is 36.4 Å². The normalized spacial score (nSPS) is 17.3. The van der Waals surface area contributed by atoms with Gasteiger partial charge in [-0.2, -0.15) is 0 Å². The number of phenols is 2. The second kappa shape index (κ2) is 5.44. The fourth-order valence-electron chi connectivity index (χ4n) is 3.60. The van der Waals surface area contributed by atoms with E-state index in [-0.39, 0.29) is 16.9 Å². The molecular weight excluding hydrogens is 276 g/mol. The van der Waals surface area contributed by atoms with E-state index in [4.69, 9.17) is 11.5 Å². The van der Waals surface area contributed by atoms with Gasteiger partial charge in [-0.1, -0.05) is 31.4 Å². The number of rotatable bonds is 2. The summed E-state index contributed by atoms with van der Waals surface area (Å²) in [5.41, 5.74) is 14.7. The zero-order valence-corrected chi connectivity index (χ0v) is 12.5. The van der Waals surface area contributed by atoms with Gasteiger partial charge in [-0.25, -0.2) is 0 Å². The highest BCUT2D eigenvalue weighted by molar-refractivity contribution is 5.59. The standard InChI is InChI=1S/C18H22N2O2/c19-14-10-12(4-6-16(14)21)18(8-2-1-3-9-18)13-5-7-17(22)15(20)11-13/h4-7,10-11,21-22H,1-3,8-9,19-20H2. The van der Waals surface area contributed by atoms with Gasteiger partial charge in [-0.3, -0.25) is 0 Å². The van der Waals surface area contributed by atoms with Gasteiger partial charge in [0.1, 0.15) is 11.5 Å². The first kappa shape index (κ1) is 14.6. The van der Waals surface area contributed by atoms with Crippen molar-refractivity contribution in [3.63, 3.8) is 0 Å². The molecule has 0 saturated heterocycles. The van der Waals surface area contributed by atoms with Crippen molar-refractivity contribution in [2.24, 2.45) is 0 Å². The maximum atomic E-state index is 9.70. The zero-order chi connectivity index (χ0) is 15.7. The summed E-state index contributed by atoms with van der Waals surface area (Å²) in [6.07, 6.45) is 5.54. The maximum absolute atomic E-state index is 9.70. The summed E-state index contributed by atoms with van der Waals surface area (Å²) in [6.45, 7) is 0. The van der Waals surface area contributed by atoms with Crippen LogP contribution in [0.3, 0.4) is 0 Å². The van der Waals surface area contributed by atoms with Gasteiger partial charge in [0.15, 0.2) is 0 Å². The van der Waals surface area contributed by atoms with E-state index >= 15 is 0 Å². The highest BCUT2D eigenvalue weighted by Gasteiger charge is 2.36. The van der Waals surface area contributed by atoms with E-state index in [1.807, 2.05) is 24.3 Å². The van der Waals surface area contributed by atoms with Crippen molar-refractivity contribution in [2.75, 3.05) is 11.5 Å². The van der Waals surface area contributed by atoms with Crippen LogP contribution in [0.1, 0.15) is 43.2 Å². The minimum atomic E-state index is -0.151. The van der Waals surface area contributed by atoms with Crippen LogP contribution in [0.2, 0.25) is 0 Å². The molecule has 0 aliphatic heterocycles. The second-order valence-corrected chi connectivity index (χ2v) is 6.19. The Labute approximate surface area is 130 Å². The number of benzene rings is 2. The van der Waals surface area contributed by atoms with Crippen LogP contribution >= 0.6 is 0 Å². The lowest BCUT2D eigenvalue weighted by atomic mass is 9.65. The number of nitrogen functional groups attached to an aromatic ring is 2. The van der Waals surface area contributed by atoms with E-state index < -0.39 is 0 Å². The Morgan fingerprint density at radius 2 is 1.18 bits per heavy atom. The monoisotopic (exact) mass is 298 g/mol. The average molecular weight is 298 g/mol. The molecule has 1 aliphatic carbocycles. The van der Waals surface area contributed by atoms with Crippen molar-refractivity contribution in [3.05, 3.63) is 47.5 Å². The molecule has 6 N–H and O–H groups in total. The van der Waals surface area contributed by atoms with Gasteiger partial charge >= 0.3 is 0 Å². The number of nitrogens with two attached hydrogens (primary N) is 2. The summed E-state index contributed by atoms with van der Waals surface area (Å²) in [6, 6.07) is 10.9. The van der Waals surface area contributed by atoms with Gasteiger partial charge in [-0.15, -0.1) is 0 Å². The molecule has 0 unspecified atom stereocenters. The van der Waals surface area contributed by atoms with E-state index in [0.29, 0.717) is 11.4 Å². The molecule has 2 aromatic rings. The number of hydrogen-bond donors (Lipinski definition) is 4. The topological polar surface area (TPSA) is 92.5 Å². The molecule has 2 aromatic carbocycles. The van der Waals surface area contributed by atoms with Crippen molar-refractivity contribution in [2.45, 2.75) is 37.5 Å². The van der Waals surface area contributed by atoms with E-state index in [0.717, 1.165) is 36.8 Å². The van der Waals surface area contributed by atoms with Gasteiger partial charge in [0.2, 0.25) is 0 Å². The number of hydrogen-bond acceptors (Lipinski definition) is 4. The molecule has 0 atom stereocenters. The molecule has 0 radical (unpaired) electrons. The minimum Gasteiger partial charge on any atom is -0.506 e.